The Kier molecular flexibility index (Phi) is 8.97. The molecule has 0 aliphatic carbocycles. The fourth-order valence-corrected chi connectivity index (χ4v) is 4.02. The molecule has 3 N–H and O–H groups in total. The molecule has 1 unspecified atom stereocenters. The quantitative estimate of drug-likeness (QED) is 0.167. The average Bonchev–Trinajstić information content (AvgIpc) is 3.44. The monoisotopic (exact) mass is 483 g/mol. The van der Waals surface area contributed by atoms with Crippen LogP contribution >= 0.6 is 0 Å². The number of nitrogens with zero attached hydrogens (tertiary/aromatic N) is 2. The second-order valence-corrected chi connectivity index (χ2v) is 8.44. The minimum Gasteiger partial charge on any atom is -0.356 e. The molecule has 36 heavy (non-hydrogen) atoms. The molecular formula is C29H30FN5O. The van der Waals surface area contributed by atoms with Gasteiger partial charge in [0.1, 0.15) is 5.82 Å². The predicted octanol–water partition coefficient (Wildman–Crippen LogP) is 5.08. The van der Waals surface area contributed by atoms with E-state index in [-0.39, 0.29) is 17.6 Å². The number of benzene rings is 3. The van der Waals surface area contributed by atoms with E-state index in [1.807, 2.05) is 54.7 Å². The number of nitrogens with one attached hydrogen (secondary N) is 3. The number of hydrogen-bond acceptors (Lipinski definition) is 3. The van der Waals surface area contributed by atoms with E-state index in [1.165, 1.54) is 12.1 Å². The maximum Gasteiger partial charge on any atom is 0.257 e. The zero-order valence-corrected chi connectivity index (χ0v) is 20.0. The molecule has 0 saturated heterocycles. The molecule has 4 rings (SSSR count). The number of aliphatic imine (C=N–C) groups is 1. The van der Waals surface area contributed by atoms with Gasteiger partial charge in [0.2, 0.25) is 0 Å². The summed E-state index contributed by atoms with van der Waals surface area (Å²) in [6, 6.07) is 25.8. The van der Waals surface area contributed by atoms with Crippen molar-refractivity contribution in [3.63, 3.8) is 0 Å². The van der Waals surface area contributed by atoms with Gasteiger partial charge < -0.3 is 10.3 Å². The third kappa shape index (κ3) is 7.37. The number of amides is 1. The molecule has 1 heterocycles. The summed E-state index contributed by atoms with van der Waals surface area (Å²) in [5, 5.41) is 6.19. The number of carbonyl (C=O) groups excluding carboxylic acids is 1. The lowest BCUT2D eigenvalue weighted by Crippen LogP contribution is -2.41. The van der Waals surface area contributed by atoms with E-state index in [0.717, 1.165) is 29.7 Å². The van der Waals surface area contributed by atoms with Crippen molar-refractivity contribution < 1.29 is 9.18 Å². The molecule has 1 amide bonds. The molecule has 0 spiro atoms. The molecule has 0 fully saturated rings. The second-order valence-electron chi connectivity index (χ2n) is 8.44. The molecular weight excluding hydrogens is 453 g/mol. The maximum atomic E-state index is 13.5. The lowest BCUT2D eigenvalue weighted by molar-refractivity contribution is 0.0975. The van der Waals surface area contributed by atoms with Crippen molar-refractivity contribution in [3.8, 4) is 0 Å². The van der Waals surface area contributed by atoms with Gasteiger partial charge in [-0.05, 0) is 54.7 Å². The average molecular weight is 484 g/mol. The van der Waals surface area contributed by atoms with Crippen molar-refractivity contribution in [2.24, 2.45) is 4.99 Å². The van der Waals surface area contributed by atoms with Crippen LogP contribution in [0.25, 0.3) is 0 Å². The van der Waals surface area contributed by atoms with Crippen molar-refractivity contribution in [3.05, 3.63) is 126 Å². The molecule has 6 nitrogen and oxygen atoms in total. The zero-order chi connectivity index (χ0) is 25.0. The number of halogens is 1. The Balaban J connectivity index is 1.44. The van der Waals surface area contributed by atoms with E-state index in [9.17, 15) is 9.18 Å². The van der Waals surface area contributed by atoms with E-state index in [4.69, 9.17) is 4.99 Å². The van der Waals surface area contributed by atoms with Gasteiger partial charge in [-0.1, -0.05) is 60.7 Å². The molecule has 0 aliphatic rings. The Hall–Kier alpha value is -4.26. The minimum atomic E-state index is -0.256. The molecule has 4 aromatic rings. The van der Waals surface area contributed by atoms with Gasteiger partial charge in [-0.15, -0.1) is 0 Å². The van der Waals surface area contributed by atoms with E-state index in [2.05, 4.69) is 32.7 Å². The predicted molar refractivity (Wildman–Crippen MR) is 140 cm³/mol. The van der Waals surface area contributed by atoms with Gasteiger partial charge in [-0.25, -0.2) is 9.37 Å². The first-order valence-electron chi connectivity index (χ1n) is 12.1. The highest BCUT2D eigenvalue weighted by molar-refractivity contribution is 6.05. The highest BCUT2D eigenvalue weighted by Gasteiger charge is 2.15. The Morgan fingerprint density at radius 2 is 1.64 bits per heavy atom. The van der Waals surface area contributed by atoms with Crippen LogP contribution in [-0.2, 0) is 6.42 Å². The summed E-state index contributed by atoms with van der Waals surface area (Å²) in [4.78, 5) is 24.7. The number of carbonyl (C=O) groups is 1. The van der Waals surface area contributed by atoms with Crippen molar-refractivity contribution in [1.29, 1.82) is 0 Å². The number of imidazole rings is 1. The van der Waals surface area contributed by atoms with Crippen LogP contribution in [0, 0.1) is 5.82 Å². The van der Waals surface area contributed by atoms with E-state index in [0.29, 0.717) is 31.0 Å². The lowest BCUT2D eigenvalue weighted by Gasteiger charge is -2.18. The first-order valence-corrected chi connectivity index (χ1v) is 12.1. The highest BCUT2D eigenvalue weighted by Crippen LogP contribution is 2.28. The van der Waals surface area contributed by atoms with Crippen molar-refractivity contribution in [1.82, 2.24) is 20.6 Å². The number of aromatic nitrogens is 2. The van der Waals surface area contributed by atoms with Gasteiger partial charge in [0, 0.05) is 30.8 Å². The smallest absolute Gasteiger partial charge is 0.257 e. The van der Waals surface area contributed by atoms with Crippen LogP contribution < -0.4 is 10.6 Å². The number of rotatable bonds is 10. The normalized spacial score (nSPS) is 12.2. The summed E-state index contributed by atoms with van der Waals surface area (Å²) >= 11 is 0. The molecule has 7 heteroatoms. The number of hydrogen-bond donors (Lipinski definition) is 3. The number of aryl methyl sites for hydroxylation is 1. The lowest BCUT2D eigenvalue weighted by atomic mass is 9.88. The van der Waals surface area contributed by atoms with Crippen molar-refractivity contribution in [2.75, 3.05) is 13.1 Å². The molecule has 184 valence electrons. The Morgan fingerprint density at radius 3 is 2.33 bits per heavy atom. The van der Waals surface area contributed by atoms with Gasteiger partial charge in [0.05, 0.1) is 12.0 Å². The Morgan fingerprint density at radius 1 is 0.944 bits per heavy atom. The van der Waals surface area contributed by atoms with E-state index < -0.39 is 0 Å². The molecule has 1 aromatic heterocycles. The van der Waals surface area contributed by atoms with E-state index >= 15 is 0 Å². The Bertz CT molecular complexity index is 1230. The van der Waals surface area contributed by atoms with Crippen LogP contribution in [0.5, 0.6) is 0 Å². The molecule has 0 aliphatic heterocycles. The van der Waals surface area contributed by atoms with Gasteiger partial charge in [-0.3, -0.25) is 15.1 Å². The van der Waals surface area contributed by atoms with Crippen LogP contribution in [0.1, 0.15) is 45.9 Å². The van der Waals surface area contributed by atoms with Crippen LogP contribution in [0.2, 0.25) is 0 Å². The highest BCUT2D eigenvalue weighted by atomic mass is 19.1. The van der Waals surface area contributed by atoms with E-state index in [1.54, 1.807) is 18.5 Å². The summed E-state index contributed by atoms with van der Waals surface area (Å²) in [5.41, 5.74) is 3.73. The van der Waals surface area contributed by atoms with Gasteiger partial charge in [0.25, 0.3) is 5.91 Å². The Labute approximate surface area is 210 Å². The fourth-order valence-electron chi connectivity index (χ4n) is 4.02. The SMILES string of the molecule is O=C(NC(=NCCC(c1ccccc1)c1ccc(F)cc1)NCCCc1c[nH]cn1)c1ccccc1. The van der Waals surface area contributed by atoms with Crippen molar-refractivity contribution >= 4 is 11.9 Å². The van der Waals surface area contributed by atoms with Crippen LogP contribution in [0.3, 0.4) is 0 Å². The zero-order valence-electron chi connectivity index (χ0n) is 20.0. The maximum absolute atomic E-state index is 13.5. The van der Waals surface area contributed by atoms with Crippen molar-refractivity contribution in [2.45, 2.75) is 25.2 Å². The molecule has 0 radical (unpaired) electrons. The minimum absolute atomic E-state index is 0.0568. The van der Waals surface area contributed by atoms with Gasteiger partial charge in [-0.2, -0.15) is 0 Å². The third-order valence-electron chi connectivity index (χ3n) is 5.89. The van der Waals surface area contributed by atoms with Crippen LogP contribution in [-0.4, -0.2) is 34.9 Å². The fraction of sp³-hybridized carbons (Fsp3) is 0.207. The number of aromatic amines is 1. The molecule has 0 bridgehead atoms. The summed E-state index contributed by atoms with van der Waals surface area (Å²) in [6.07, 6.45) is 5.91. The third-order valence-corrected chi connectivity index (χ3v) is 5.89. The second kappa shape index (κ2) is 13.0. The topological polar surface area (TPSA) is 82.2 Å². The van der Waals surface area contributed by atoms with Crippen LogP contribution in [0.4, 0.5) is 4.39 Å². The number of guanidine groups is 1. The van der Waals surface area contributed by atoms with Gasteiger partial charge >= 0.3 is 0 Å². The summed E-state index contributed by atoms with van der Waals surface area (Å²) in [6.45, 7) is 1.12. The molecule has 3 aromatic carbocycles. The first-order chi connectivity index (χ1) is 17.7. The van der Waals surface area contributed by atoms with Crippen LogP contribution in [0.15, 0.2) is 102 Å². The first kappa shape index (κ1) is 24.9. The number of H-pyrrole nitrogens is 1. The standard InChI is InChI=1S/C29H30FN5O/c30-25-15-13-23(14-16-25)27(22-8-3-1-4-9-22)17-19-33-29(32-18-7-12-26-20-31-21-34-26)35-28(36)24-10-5-2-6-11-24/h1-6,8-11,13-16,20-21,27H,7,12,17-19H2,(H,31,34)(H2,32,33,35,36). The largest absolute Gasteiger partial charge is 0.356 e. The molecule has 1 atom stereocenters. The summed E-state index contributed by atoms with van der Waals surface area (Å²) < 4.78 is 13.5. The molecule has 0 saturated carbocycles. The van der Waals surface area contributed by atoms with Gasteiger partial charge in [0.15, 0.2) is 5.96 Å². The summed E-state index contributed by atoms with van der Waals surface area (Å²) in [5.74, 6) is 0.0268. The summed E-state index contributed by atoms with van der Waals surface area (Å²) in [7, 11) is 0.